The van der Waals surface area contributed by atoms with Crippen LogP contribution in [0.3, 0.4) is 0 Å². The molecule has 2 aromatic heterocycles. The number of ether oxygens (including phenoxy) is 1. The van der Waals surface area contributed by atoms with Gasteiger partial charge in [-0.3, -0.25) is 5.43 Å². The molecule has 4 aromatic rings. The van der Waals surface area contributed by atoms with Gasteiger partial charge in [0.2, 0.25) is 5.13 Å². The van der Waals surface area contributed by atoms with Crippen molar-refractivity contribution in [3.05, 3.63) is 72.8 Å². The second kappa shape index (κ2) is 8.48. The second-order valence-corrected chi connectivity index (χ2v) is 8.57. The molecule has 146 valence electrons. The zero-order valence-corrected chi connectivity index (χ0v) is 19.0. The summed E-state index contributed by atoms with van der Waals surface area (Å²) in [6.45, 7) is 0. The van der Waals surface area contributed by atoms with E-state index in [0.29, 0.717) is 26.4 Å². The molecule has 0 bridgehead atoms. The Balaban J connectivity index is 1.58. The molecule has 0 aliphatic carbocycles. The molecule has 2 heterocycles. The SMILES string of the molecule is COc1cccc(C=NNc2nc(-c3cc4cc(Br)cc(Br)c4oc3=O)cs2)c1. The minimum Gasteiger partial charge on any atom is -0.497 e. The van der Waals surface area contributed by atoms with Crippen molar-refractivity contribution in [3.8, 4) is 17.0 Å². The maximum Gasteiger partial charge on any atom is 0.345 e. The smallest absolute Gasteiger partial charge is 0.345 e. The molecule has 0 amide bonds. The van der Waals surface area contributed by atoms with Gasteiger partial charge in [-0.25, -0.2) is 9.78 Å². The Morgan fingerprint density at radius 1 is 1.24 bits per heavy atom. The van der Waals surface area contributed by atoms with E-state index >= 15 is 0 Å². The molecule has 0 fully saturated rings. The third-order valence-electron chi connectivity index (χ3n) is 4.00. The summed E-state index contributed by atoms with van der Waals surface area (Å²) in [7, 11) is 1.62. The van der Waals surface area contributed by atoms with E-state index in [4.69, 9.17) is 9.15 Å². The maximum absolute atomic E-state index is 12.4. The molecule has 0 unspecified atom stereocenters. The minimum atomic E-state index is -0.447. The van der Waals surface area contributed by atoms with Gasteiger partial charge in [0.25, 0.3) is 0 Å². The van der Waals surface area contributed by atoms with Crippen molar-refractivity contribution in [3.63, 3.8) is 0 Å². The van der Waals surface area contributed by atoms with Crippen LogP contribution in [0.1, 0.15) is 5.56 Å². The first-order valence-electron chi connectivity index (χ1n) is 8.35. The summed E-state index contributed by atoms with van der Waals surface area (Å²) >= 11 is 8.21. The van der Waals surface area contributed by atoms with Crippen molar-refractivity contribution < 1.29 is 9.15 Å². The number of thiazole rings is 1. The molecular formula is C20H13Br2N3O3S. The van der Waals surface area contributed by atoms with E-state index in [0.717, 1.165) is 21.2 Å². The van der Waals surface area contributed by atoms with Gasteiger partial charge < -0.3 is 9.15 Å². The normalized spacial score (nSPS) is 11.3. The van der Waals surface area contributed by atoms with Gasteiger partial charge in [-0.15, -0.1) is 11.3 Å². The molecule has 0 radical (unpaired) electrons. The van der Waals surface area contributed by atoms with Crippen LogP contribution in [0.2, 0.25) is 0 Å². The fourth-order valence-corrected chi connectivity index (χ4v) is 4.67. The molecule has 0 aliphatic rings. The van der Waals surface area contributed by atoms with Gasteiger partial charge in [-0.1, -0.05) is 28.1 Å². The summed E-state index contributed by atoms with van der Waals surface area (Å²) in [6.07, 6.45) is 1.67. The number of aromatic nitrogens is 1. The first-order chi connectivity index (χ1) is 14.0. The second-order valence-electron chi connectivity index (χ2n) is 5.94. The lowest BCUT2D eigenvalue weighted by Crippen LogP contribution is -2.03. The number of rotatable bonds is 5. The molecule has 2 aromatic carbocycles. The van der Waals surface area contributed by atoms with E-state index < -0.39 is 5.63 Å². The van der Waals surface area contributed by atoms with Gasteiger partial charge in [-0.05, 0) is 51.8 Å². The standard InChI is InChI=1S/C20H13Br2N3O3S/c1-27-14-4-2-3-11(5-14)9-23-25-20-24-17(10-29-20)15-7-12-6-13(21)8-16(22)18(12)28-19(15)26/h2-10H,1H3,(H,24,25). The lowest BCUT2D eigenvalue weighted by Gasteiger charge is -2.03. The predicted molar refractivity (Wildman–Crippen MR) is 123 cm³/mol. The Morgan fingerprint density at radius 2 is 2.10 bits per heavy atom. The quantitative estimate of drug-likeness (QED) is 0.196. The largest absolute Gasteiger partial charge is 0.497 e. The fourth-order valence-electron chi connectivity index (χ4n) is 2.67. The lowest BCUT2D eigenvalue weighted by molar-refractivity contribution is 0.415. The van der Waals surface area contributed by atoms with Crippen LogP contribution >= 0.6 is 43.2 Å². The highest BCUT2D eigenvalue weighted by atomic mass is 79.9. The summed E-state index contributed by atoms with van der Waals surface area (Å²) < 4.78 is 12.3. The Labute approximate surface area is 186 Å². The summed E-state index contributed by atoms with van der Waals surface area (Å²) in [5.74, 6) is 0.756. The van der Waals surface area contributed by atoms with Crippen molar-refractivity contribution in [2.45, 2.75) is 0 Å². The van der Waals surface area contributed by atoms with Crippen LogP contribution in [0.15, 0.2) is 71.1 Å². The zero-order valence-electron chi connectivity index (χ0n) is 15.0. The third kappa shape index (κ3) is 4.42. The van der Waals surface area contributed by atoms with Crippen LogP contribution in [0.4, 0.5) is 5.13 Å². The van der Waals surface area contributed by atoms with Crippen molar-refractivity contribution in [2.75, 3.05) is 12.5 Å². The van der Waals surface area contributed by atoms with Crippen molar-refractivity contribution in [2.24, 2.45) is 5.10 Å². The minimum absolute atomic E-state index is 0.392. The number of nitrogens with zero attached hydrogens (tertiary/aromatic N) is 2. The van der Waals surface area contributed by atoms with Gasteiger partial charge in [-0.2, -0.15) is 5.10 Å². The summed E-state index contributed by atoms with van der Waals surface area (Å²) in [5, 5.41) is 7.33. The zero-order chi connectivity index (χ0) is 20.4. The van der Waals surface area contributed by atoms with Crippen molar-refractivity contribution in [1.82, 2.24) is 4.98 Å². The van der Waals surface area contributed by atoms with Gasteiger partial charge in [0.15, 0.2) is 5.58 Å². The molecule has 6 nitrogen and oxygen atoms in total. The lowest BCUT2D eigenvalue weighted by atomic mass is 10.1. The molecule has 9 heteroatoms. The van der Waals surface area contributed by atoms with E-state index in [-0.39, 0.29) is 0 Å². The highest BCUT2D eigenvalue weighted by molar-refractivity contribution is 9.11. The van der Waals surface area contributed by atoms with E-state index in [1.54, 1.807) is 24.8 Å². The summed E-state index contributed by atoms with van der Waals surface area (Å²) in [6, 6.07) is 13.0. The molecule has 1 N–H and O–H groups in total. The number of methoxy groups -OCH3 is 1. The highest BCUT2D eigenvalue weighted by Crippen LogP contribution is 2.31. The van der Waals surface area contributed by atoms with Gasteiger partial charge >= 0.3 is 5.63 Å². The molecule has 4 rings (SSSR count). The van der Waals surface area contributed by atoms with Crippen molar-refractivity contribution >= 4 is 65.5 Å². The third-order valence-corrected chi connectivity index (χ3v) is 5.79. The molecule has 0 saturated heterocycles. The molecule has 29 heavy (non-hydrogen) atoms. The van der Waals surface area contributed by atoms with Crippen LogP contribution in [-0.2, 0) is 0 Å². The van der Waals surface area contributed by atoms with Crippen LogP contribution in [0.5, 0.6) is 5.75 Å². The summed E-state index contributed by atoms with van der Waals surface area (Å²) in [4.78, 5) is 16.9. The molecule has 0 saturated carbocycles. The average Bonchev–Trinajstić information content (AvgIpc) is 3.17. The van der Waals surface area contributed by atoms with Crippen LogP contribution in [0, 0.1) is 0 Å². The van der Waals surface area contributed by atoms with Gasteiger partial charge in [0.1, 0.15) is 5.75 Å². The number of nitrogens with one attached hydrogen (secondary N) is 1. The Kier molecular flexibility index (Phi) is 5.79. The number of hydrogen-bond donors (Lipinski definition) is 1. The van der Waals surface area contributed by atoms with Crippen LogP contribution in [0.25, 0.3) is 22.2 Å². The Hall–Kier alpha value is -2.49. The topological polar surface area (TPSA) is 76.7 Å². The Bertz CT molecular complexity index is 1280. The number of halogens is 2. The number of benzene rings is 2. The first-order valence-corrected chi connectivity index (χ1v) is 10.8. The van der Waals surface area contributed by atoms with Crippen LogP contribution < -0.4 is 15.8 Å². The van der Waals surface area contributed by atoms with E-state index in [9.17, 15) is 4.79 Å². The van der Waals surface area contributed by atoms with Gasteiger partial charge in [0, 0.05) is 15.2 Å². The highest BCUT2D eigenvalue weighted by Gasteiger charge is 2.13. The first kappa shape index (κ1) is 19.8. The fraction of sp³-hybridized carbons (Fsp3) is 0.0500. The average molecular weight is 535 g/mol. The number of hydrazone groups is 1. The van der Waals surface area contributed by atoms with E-state index in [1.165, 1.54) is 11.3 Å². The summed E-state index contributed by atoms with van der Waals surface area (Å²) in [5.41, 5.74) is 4.75. The number of hydrogen-bond acceptors (Lipinski definition) is 7. The number of anilines is 1. The van der Waals surface area contributed by atoms with Crippen LogP contribution in [-0.4, -0.2) is 18.3 Å². The monoisotopic (exact) mass is 533 g/mol. The van der Waals surface area contributed by atoms with E-state index in [2.05, 4.69) is 47.4 Å². The molecule has 0 spiro atoms. The maximum atomic E-state index is 12.4. The molecule has 0 atom stereocenters. The predicted octanol–water partition coefficient (Wildman–Crippen LogP) is 5.90. The van der Waals surface area contributed by atoms with Crippen molar-refractivity contribution in [1.29, 1.82) is 0 Å². The van der Waals surface area contributed by atoms with Gasteiger partial charge in [0.05, 0.1) is 29.1 Å². The number of fused-ring (bicyclic) bond motifs is 1. The Morgan fingerprint density at radius 3 is 2.93 bits per heavy atom. The van der Waals surface area contributed by atoms with E-state index in [1.807, 2.05) is 36.4 Å². The molecule has 0 aliphatic heterocycles. The molecular weight excluding hydrogens is 522 g/mol.